The fraction of sp³-hybridized carbons (Fsp3) is 0.462. The van der Waals surface area contributed by atoms with E-state index in [1.165, 1.54) is 17.2 Å². The van der Waals surface area contributed by atoms with E-state index in [4.69, 9.17) is 4.74 Å². The van der Waals surface area contributed by atoms with Gasteiger partial charge >= 0.3 is 15.7 Å². The van der Waals surface area contributed by atoms with Crippen LogP contribution in [0.1, 0.15) is 46.6 Å². The molecule has 1 aliphatic carbocycles. The van der Waals surface area contributed by atoms with Gasteiger partial charge in [-0.2, -0.15) is 13.8 Å². The van der Waals surface area contributed by atoms with E-state index in [0.717, 1.165) is 55.9 Å². The first-order valence-corrected chi connectivity index (χ1v) is 11.6. The van der Waals surface area contributed by atoms with Gasteiger partial charge in [0.2, 0.25) is 5.71 Å². The molecule has 0 bridgehead atoms. The third-order valence-corrected chi connectivity index (χ3v) is 6.49. The van der Waals surface area contributed by atoms with Crippen LogP contribution in [0.5, 0.6) is 0 Å². The van der Waals surface area contributed by atoms with E-state index in [2.05, 4.69) is 75.6 Å². The SMILES string of the molecule is CCC(Cc1ccccc1)(C(O)=C1C(C)=CC(=[N+]2CCOCC2)C=C1C)[C-](C)C.F[B]F.F[B]F.[Zn]. The first kappa shape index (κ1) is 34.3. The quantitative estimate of drug-likeness (QED) is 0.151. The van der Waals surface area contributed by atoms with Gasteiger partial charge in [0.1, 0.15) is 13.2 Å². The molecule has 1 aromatic rings. The van der Waals surface area contributed by atoms with E-state index in [9.17, 15) is 22.4 Å². The molecule has 1 heterocycles. The molecule has 192 valence electrons. The van der Waals surface area contributed by atoms with Crippen molar-refractivity contribution in [1.29, 1.82) is 0 Å². The van der Waals surface area contributed by atoms with Crippen molar-refractivity contribution < 1.29 is 51.2 Å². The Hall–Kier alpha value is -1.66. The summed E-state index contributed by atoms with van der Waals surface area (Å²) in [6.45, 7) is 14.1. The van der Waals surface area contributed by atoms with Gasteiger partial charge in [0.15, 0.2) is 13.1 Å². The molecule has 3 rings (SSSR count). The Morgan fingerprint density at radius 2 is 1.47 bits per heavy atom. The van der Waals surface area contributed by atoms with Gasteiger partial charge in [0.05, 0.1) is 5.76 Å². The van der Waals surface area contributed by atoms with E-state index in [1.807, 2.05) is 6.07 Å². The summed E-state index contributed by atoms with van der Waals surface area (Å²) >= 11 is 0. The molecule has 0 aromatic heterocycles. The van der Waals surface area contributed by atoms with Crippen molar-refractivity contribution in [2.24, 2.45) is 5.41 Å². The summed E-state index contributed by atoms with van der Waals surface area (Å²) in [5, 5.41) is 11.7. The summed E-state index contributed by atoms with van der Waals surface area (Å²) < 4.78 is 45.9. The minimum Gasteiger partial charge on any atom is -0.514 e. The molecule has 1 aromatic carbocycles. The average Bonchev–Trinajstić information content (AvgIpc) is 2.84. The van der Waals surface area contributed by atoms with Crippen LogP contribution in [0.25, 0.3) is 0 Å². The fourth-order valence-electron chi connectivity index (χ4n) is 4.65. The molecule has 1 unspecified atom stereocenters. The molecule has 1 N–H and O–H groups in total. The maximum atomic E-state index is 11.7. The predicted molar refractivity (Wildman–Crippen MR) is 136 cm³/mol. The zero-order chi connectivity index (χ0) is 26.4. The van der Waals surface area contributed by atoms with E-state index in [0.29, 0.717) is 5.76 Å². The Kier molecular flexibility index (Phi) is 16.9. The molecule has 0 saturated carbocycles. The molecule has 2 aliphatic rings. The summed E-state index contributed by atoms with van der Waals surface area (Å²) in [6, 6.07) is 10.5. The molecule has 1 fully saturated rings. The van der Waals surface area contributed by atoms with Crippen LogP contribution in [-0.2, 0) is 30.6 Å². The number of rotatable bonds is 5. The van der Waals surface area contributed by atoms with Crippen LogP contribution in [0.4, 0.5) is 17.3 Å². The Morgan fingerprint density at radius 1 is 1.00 bits per heavy atom. The van der Waals surface area contributed by atoms with Crippen molar-refractivity contribution in [3.63, 3.8) is 0 Å². The number of aliphatic hydroxyl groups is 1. The molecule has 1 saturated heterocycles. The first-order valence-electron chi connectivity index (χ1n) is 11.6. The molecule has 0 amide bonds. The van der Waals surface area contributed by atoms with Gasteiger partial charge in [-0.3, -0.25) is 17.3 Å². The number of nitrogens with zero attached hydrogens (tertiary/aromatic N) is 1. The normalized spacial score (nSPS) is 16.7. The first-order chi connectivity index (χ1) is 16.7. The Morgan fingerprint density at radius 3 is 1.89 bits per heavy atom. The van der Waals surface area contributed by atoms with Crippen molar-refractivity contribution in [3.8, 4) is 0 Å². The minimum atomic E-state index is -1.00. The molecule has 36 heavy (non-hydrogen) atoms. The molecule has 10 heteroatoms. The van der Waals surface area contributed by atoms with Crippen molar-refractivity contribution >= 4 is 21.4 Å². The van der Waals surface area contributed by atoms with Gasteiger partial charge < -0.3 is 15.8 Å². The van der Waals surface area contributed by atoms with Crippen molar-refractivity contribution in [3.05, 3.63) is 76.4 Å². The van der Waals surface area contributed by atoms with Gasteiger partial charge in [-0.15, -0.1) is 0 Å². The van der Waals surface area contributed by atoms with Crippen LogP contribution in [0, 0.1) is 11.3 Å². The van der Waals surface area contributed by atoms with Gasteiger partial charge in [-0.25, -0.2) is 4.58 Å². The Labute approximate surface area is 227 Å². The van der Waals surface area contributed by atoms with Gasteiger partial charge in [0, 0.05) is 37.2 Å². The van der Waals surface area contributed by atoms with Gasteiger partial charge in [-0.1, -0.05) is 49.1 Å². The third-order valence-electron chi connectivity index (χ3n) is 6.49. The van der Waals surface area contributed by atoms with Crippen molar-refractivity contribution in [1.82, 2.24) is 0 Å². The number of hydrogen-bond donors (Lipinski definition) is 1. The van der Waals surface area contributed by atoms with Crippen LogP contribution in [0.15, 0.2) is 65.0 Å². The number of benzene rings is 1. The second kappa shape index (κ2) is 17.7. The molecular weight excluding hydrogens is 521 g/mol. The van der Waals surface area contributed by atoms with Crippen LogP contribution >= 0.6 is 0 Å². The van der Waals surface area contributed by atoms with Crippen molar-refractivity contribution in [2.45, 2.75) is 47.5 Å². The summed E-state index contributed by atoms with van der Waals surface area (Å²) in [5.41, 5.74) is 5.38. The molecular formula is C26H35B2F4NO2Zn. The van der Waals surface area contributed by atoms with Gasteiger partial charge in [0.25, 0.3) is 0 Å². The Balaban J connectivity index is 0.00000159. The van der Waals surface area contributed by atoms with E-state index in [1.54, 1.807) is 0 Å². The minimum absolute atomic E-state index is 0. The summed E-state index contributed by atoms with van der Waals surface area (Å²) in [7, 11) is -2.00. The van der Waals surface area contributed by atoms with E-state index < -0.39 is 15.7 Å². The van der Waals surface area contributed by atoms with E-state index >= 15 is 0 Å². The Bertz CT molecular complexity index is 890. The number of hydrogen-bond acceptors (Lipinski definition) is 2. The van der Waals surface area contributed by atoms with Crippen molar-refractivity contribution in [2.75, 3.05) is 26.3 Å². The predicted octanol–water partition coefficient (Wildman–Crippen LogP) is 6.36. The largest absolute Gasteiger partial charge is 0.577 e. The summed E-state index contributed by atoms with van der Waals surface area (Å²) in [5.74, 6) is 1.75. The zero-order valence-electron chi connectivity index (χ0n) is 22.0. The fourth-order valence-corrected chi connectivity index (χ4v) is 4.65. The maximum Gasteiger partial charge on any atom is 0.577 e. The second-order valence-corrected chi connectivity index (χ2v) is 8.67. The number of morpholine rings is 1. The van der Waals surface area contributed by atoms with Crippen LogP contribution in [0.3, 0.4) is 0 Å². The summed E-state index contributed by atoms with van der Waals surface area (Å²) in [6.07, 6.45) is 6.11. The van der Waals surface area contributed by atoms with Gasteiger partial charge in [-0.05, 0) is 37.0 Å². The van der Waals surface area contributed by atoms with Crippen LogP contribution in [-0.4, -0.2) is 57.4 Å². The summed E-state index contributed by atoms with van der Waals surface area (Å²) in [4.78, 5) is 0. The number of ether oxygens (including phenoxy) is 1. The monoisotopic (exact) mass is 555 g/mol. The topological polar surface area (TPSA) is 32.5 Å². The number of allylic oxidation sites excluding steroid dienone is 6. The third kappa shape index (κ3) is 9.33. The molecule has 2 radical (unpaired) electrons. The zero-order valence-corrected chi connectivity index (χ0v) is 24.9. The smallest absolute Gasteiger partial charge is 0.514 e. The standard InChI is InChI=1S/C26H34NO2.2BF2.Zn/c1-6-26(19(2)3,18-22-10-8-7-9-11-22)25(28)24-20(4)16-23(17-21(24)5)27-12-14-29-15-13-27;2*2-1-3;/h7-11,16-17H,6,12-15,18H2,1-5H3;;;/q-1;;;/p+1. The molecule has 0 spiro atoms. The molecule has 1 atom stereocenters. The van der Waals surface area contributed by atoms with E-state index in [-0.39, 0.29) is 24.9 Å². The number of aliphatic hydroxyl groups excluding tert-OH is 1. The average molecular weight is 557 g/mol. The second-order valence-electron chi connectivity index (χ2n) is 8.67. The van der Waals surface area contributed by atoms with Crippen LogP contribution < -0.4 is 0 Å². The molecule has 3 nitrogen and oxygen atoms in total. The molecule has 1 aliphatic heterocycles. The maximum absolute atomic E-state index is 11.7. The van der Waals surface area contributed by atoms with Crippen LogP contribution in [0.2, 0.25) is 0 Å². The number of halogens is 4.